The van der Waals surface area contributed by atoms with Crippen molar-refractivity contribution in [3.63, 3.8) is 0 Å². The van der Waals surface area contributed by atoms with Gasteiger partial charge in [0.25, 0.3) is 0 Å². The van der Waals surface area contributed by atoms with Crippen LogP contribution in [-0.2, 0) is 29.0 Å². The molecule has 1 unspecified atom stereocenters. The van der Waals surface area contributed by atoms with Gasteiger partial charge in [-0.2, -0.15) is 0 Å². The maximum atomic E-state index is 15.2. The van der Waals surface area contributed by atoms with Gasteiger partial charge in [0.2, 0.25) is 11.8 Å². The molecule has 8 heteroatoms. The number of halogens is 1. The Morgan fingerprint density at radius 1 is 1.03 bits per heavy atom. The van der Waals surface area contributed by atoms with Crippen LogP contribution in [0.2, 0.25) is 0 Å². The number of aromatic nitrogens is 3. The van der Waals surface area contributed by atoms with Crippen LogP contribution in [0.15, 0.2) is 66.7 Å². The third-order valence-electron chi connectivity index (χ3n) is 6.54. The third kappa shape index (κ3) is 5.09. The molecule has 4 aromatic rings. The Kier molecular flexibility index (Phi) is 6.50. The van der Waals surface area contributed by atoms with Crippen LogP contribution in [0.3, 0.4) is 0 Å². The lowest BCUT2D eigenvalue weighted by Crippen LogP contribution is -2.50. The zero-order chi connectivity index (χ0) is 26.2. The van der Waals surface area contributed by atoms with E-state index in [-0.39, 0.29) is 12.1 Å². The molecule has 5 rings (SSSR count). The van der Waals surface area contributed by atoms with E-state index < -0.39 is 29.2 Å². The molecule has 0 radical (unpaired) electrons. The molecule has 37 heavy (non-hydrogen) atoms. The van der Waals surface area contributed by atoms with Gasteiger partial charge in [0.1, 0.15) is 23.9 Å². The lowest BCUT2D eigenvalue weighted by molar-refractivity contribution is -0.128. The van der Waals surface area contributed by atoms with Crippen molar-refractivity contribution in [3.8, 4) is 0 Å². The summed E-state index contributed by atoms with van der Waals surface area (Å²) in [6.45, 7) is 5.40. The third-order valence-corrected chi connectivity index (χ3v) is 6.54. The van der Waals surface area contributed by atoms with E-state index in [1.807, 2.05) is 63.2 Å². The maximum Gasteiger partial charge on any atom is 0.249 e. The number of aryl methyl sites for hydroxylation is 2. The largest absolute Gasteiger partial charge is 0.349 e. The second-order valence-corrected chi connectivity index (χ2v) is 10.5. The van der Waals surface area contributed by atoms with Crippen molar-refractivity contribution in [2.45, 2.75) is 58.2 Å². The number of hydrogen-bond acceptors (Lipinski definition) is 4. The predicted molar refractivity (Wildman–Crippen MR) is 141 cm³/mol. The molecule has 1 N–H and O–H groups in total. The van der Waals surface area contributed by atoms with E-state index in [9.17, 15) is 9.59 Å². The molecule has 1 heterocycles. The minimum absolute atomic E-state index is 0.126. The first-order valence-corrected chi connectivity index (χ1v) is 12.5. The molecule has 1 aliphatic rings. The Labute approximate surface area is 215 Å². The molecule has 0 saturated carbocycles. The number of carbonyl (C=O) groups is 2. The van der Waals surface area contributed by atoms with Crippen molar-refractivity contribution in [1.29, 1.82) is 0 Å². The molecule has 7 nitrogen and oxygen atoms in total. The predicted octanol–water partition coefficient (Wildman–Crippen LogP) is 4.75. The average Bonchev–Trinajstić information content (AvgIpc) is 3.48. The number of benzene rings is 3. The highest BCUT2D eigenvalue weighted by Crippen LogP contribution is 2.34. The average molecular weight is 500 g/mol. The van der Waals surface area contributed by atoms with Gasteiger partial charge >= 0.3 is 0 Å². The van der Waals surface area contributed by atoms with Crippen molar-refractivity contribution in [3.05, 3.63) is 89.2 Å². The monoisotopic (exact) mass is 499 g/mol. The first-order valence-electron chi connectivity index (χ1n) is 12.5. The Bertz CT molecular complexity index is 1470. The SMILES string of the molecule is CC(C)(C)NC(=O)C(c1ccccc1F)N(C(=O)Cn1nnc2ccccc21)c1ccc2c(c1)CCC2. The van der Waals surface area contributed by atoms with E-state index >= 15 is 4.39 Å². The fourth-order valence-corrected chi connectivity index (χ4v) is 4.92. The van der Waals surface area contributed by atoms with Crippen LogP contribution in [0.5, 0.6) is 0 Å². The van der Waals surface area contributed by atoms with Crippen LogP contribution in [0.4, 0.5) is 10.1 Å². The molecule has 0 bridgehead atoms. The standard InChI is InChI=1S/C29H30FN5O2/c1-29(2,3)31-28(37)27(22-11-4-5-12-23(22)30)35(21-16-15-19-9-8-10-20(19)17-21)26(36)18-34-25-14-7-6-13-24(25)32-33-34/h4-7,11-17,27H,8-10,18H2,1-3H3,(H,31,37). The summed E-state index contributed by atoms with van der Waals surface area (Å²) in [4.78, 5) is 29.3. The zero-order valence-corrected chi connectivity index (χ0v) is 21.2. The van der Waals surface area contributed by atoms with Gasteiger partial charge in [-0.15, -0.1) is 5.10 Å². The van der Waals surface area contributed by atoms with Gasteiger partial charge in [-0.05, 0) is 81.5 Å². The van der Waals surface area contributed by atoms with Crippen molar-refractivity contribution < 1.29 is 14.0 Å². The zero-order valence-electron chi connectivity index (χ0n) is 21.2. The number of para-hydroxylation sites is 1. The van der Waals surface area contributed by atoms with Crippen LogP contribution in [-0.4, -0.2) is 32.3 Å². The molecule has 0 saturated heterocycles. The summed E-state index contributed by atoms with van der Waals surface area (Å²) >= 11 is 0. The van der Waals surface area contributed by atoms with E-state index in [0.717, 1.165) is 24.8 Å². The molecular formula is C29H30FN5O2. The lowest BCUT2D eigenvalue weighted by atomic mass is 9.99. The fourth-order valence-electron chi connectivity index (χ4n) is 4.92. The highest BCUT2D eigenvalue weighted by Gasteiger charge is 2.36. The summed E-state index contributed by atoms with van der Waals surface area (Å²) in [5, 5.41) is 11.3. The maximum absolute atomic E-state index is 15.2. The minimum atomic E-state index is -1.22. The number of hydrogen-bond donors (Lipinski definition) is 1. The van der Waals surface area contributed by atoms with Gasteiger partial charge in [-0.1, -0.05) is 41.6 Å². The van der Waals surface area contributed by atoms with Gasteiger partial charge in [-0.25, -0.2) is 9.07 Å². The van der Waals surface area contributed by atoms with Crippen LogP contribution < -0.4 is 10.2 Å². The molecule has 1 atom stereocenters. The Morgan fingerprint density at radius 3 is 2.54 bits per heavy atom. The normalized spacial score (nSPS) is 13.8. The van der Waals surface area contributed by atoms with Crippen molar-refractivity contribution in [1.82, 2.24) is 20.3 Å². The van der Waals surface area contributed by atoms with Gasteiger partial charge < -0.3 is 5.32 Å². The summed E-state index contributed by atoms with van der Waals surface area (Å²) < 4.78 is 16.7. The molecule has 0 fully saturated rings. The second-order valence-electron chi connectivity index (χ2n) is 10.5. The summed E-state index contributed by atoms with van der Waals surface area (Å²) in [5.74, 6) is -1.41. The van der Waals surface area contributed by atoms with Gasteiger partial charge in [0.05, 0.1) is 5.52 Å². The quantitative estimate of drug-likeness (QED) is 0.415. The smallest absolute Gasteiger partial charge is 0.249 e. The van der Waals surface area contributed by atoms with Gasteiger partial charge in [0.15, 0.2) is 0 Å². The van der Waals surface area contributed by atoms with E-state index in [1.165, 1.54) is 21.2 Å². The topological polar surface area (TPSA) is 80.1 Å². The molecule has 2 amide bonds. The molecule has 190 valence electrons. The van der Waals surface area contributed by atoms with E-state index in [0.29, 0.717) is 16.7 Å². The van der Waals surface area contributed by atoms with E-state index in [1.54, 1.807) is 18.2 Å². The van der Waals surface area contributed by atoms with Crippen molar-refractivity contribution >= 4 is 28.5 Å². The van der Waals surface area contributed by atoms with Crippen molar-refractivity contribution in [2.75, 3.05) is 4.90 Å². The molecule has 1 aromatic heterocycles. The lowest BCUT2D eigenvalue weighted by Gasteiger charge is -2.34. The Morgan fingerprint density at radius 2 is 1.76 bits per heavy atom. The Balaban J connectivity index is 1.63. The first kappa shape index (κ1) is 24.6. The number of fused-ring (bicyclic) bond motifs is 2. The summed E-state index contributed by atoms with van der Waals surface area (Å²) in [7, 11) is 0. The van der Waals surface area contributed by atoms with Crippen LogP contribution in [0.1, 0.15) is 49.9 Å². The molecule has 0 spiro atoms. The molecule has 0 aliphatic heterocycles. The number of nitrogens with one attached hydrogen (secondary N) is 1. The number of amides is 2. The summed E-state index contributed by atoms with van der Waals surface area (Å²) in [6.07, 6.45) is 2.92. The van der Waals surface area contributed by atoms with Crippen LogP contribution in [0, 0.1) is 5.82 Å². The second kappa shape index (κ2) is 9.76. The summed E-state index contributed by atoms with van der Waals surface area (Å²) in [6, 6.07) is 18.1. The molecule has 1 aliphatic carbocycles. The van der Waals surface area contributed by atoms with Crippen LogP contribution >= 0.6 is 0 Å². The molecular weight excluding hydrogens is 469 g/mol. The minimum Gasteiger partial charge on any atom is -0.349 e. The summed E-state index contributed by atoms with van der Waals surface area (Å²) in [5.41, 5.74) is 3.83. The van der Waals surface area contributed by atoms with Gasteiger partial charge in [0, 0.05) is 16.8 Å². The molecule has 3 aromatic carbocycles. The highest BCUT2D eigenvalue weighted by molar-refractivity contribution is 6.01. The number of carbonyl (C=O) groups excluding carboxylic acids is 2. The number of anilines is 1. The van der Waals surface area contributed by atoms with Crippen molar-refractivity contribution in [2.24, 2.45) is 0 Å². The van der Waals surface area contributed by atoms with E-state index in [2.05, 4.69) is 15.6 Å². The van der Waals surface area contributed by atoms with Gasteiger partial charge in [-0.3, -0.25) is 14.5 Å². The fraction of sp³-hybridized carbons (Fsp3) is 0.310. The number of nitrogens with zero attached hydrogens (tertiary/aromatic N) is 4. The highest BCUT2D eigenvalue weighted by atomic mass is 19.1. The Hall–Kier alpha value is -4.07. The van der Waals surface area contributed by atoms with E-state index in [4.69, 9.17) is 0 Å². The number of rotatable bonds is 6. The van der Waals surface area contributed by atoms with Crippen LogP contribution in [0.25, 0.3) is 11.0 Å². The first-order chi connectivity index (χ1) is 17.7.